The standard InChI is InChI=1S/C6H7NO3/c1-2-6(8)10-5-3-4-9-7-5/h3-4H,2H2,1H3. The molecule has 1 aromatic rings. The highest BCUT2D eigenvalue weighted by Gasteiger charge is 2.02. The van der Waals surface area contributed by atoms with Crippen molar-refractivity contribution < 1.29 is 14.1 Å². The van der Waals surface area contributed by atoms with Gasteiger partial charge in [-0.05, 0) is 5.16 Å². The Kier molecular flexibility index (Phi) is 2.04. The van der Waals surface area contributed by atoms with Crippen molar-refractivity contribution in [3.63, 3.8) is 0 Å². The lowest BCUT2D eigenvalue weighted by Crippen LogP contribution is -2.05. The van der Waals surface area contributed by atoms with Crippen LogP contribution in [0.3, 0.4) is 0 Å². The Hall–Kier alpha value is -1.32. The van der Waals surface area contributed by atoms with Crippen molar-refractivity contribution in [3.05, 3.63) is 12.3 Å². The molecule has 0 spiro atoms. The predicted molar refractivity (Wildman–Crippen MR) is 32.4 cm³/mol. The number of hydrogen-bond acceptors (Lipinski definition) is 4. The Morgan fingerprint density at radius 2 is 2.70 bits per heavy atom. The molecule has 0 saturated carbocycles. The molecule has 0 aliphatic carbocycles. The van der Waals surface area contributed by atoms with Crippen molar-refractivity contribution in [2.24, 2.45) is 0 Å². The summed E-state index contributed by atoms with van der Waals surface area (Å²) in [6, 6.07) is 1.48. The molecule has 0 bridgehead atoms. The highest BCUT2D eigenvalue weighted by atomic mass is 16.6. The summed E-state index contributed by atoms with van der Waals surface area (Å²) in [5, 5.41) is 3.39. The summed E-state index contributed by atoms with van der Waals surface area (Å²) in [6.07, 6.45) is 1.69. The van der Waals surface area contributed by atoms with Crippen LogP contribution in [0, 0.1) is 0 Å². The summed E-state index contributed by atoms with van der Waals surface area (Å²) in [6.45, 7) is 1.71. The Balaban J connectivity index is 2.48. The van der Waals surface area contributed by atoms with Crippen LogP contribution >= 0.6 is 0 Å². The van der Waals surface area contributed by atoms with E-state index in [2.05, 4.69) is 14.4 Å². The molecule has 0 saturated heterocycles. The van der Waals surface area contributed by atoms with Gasteiger partial charge >= 0.3 is 5.97 Å². The third-order valence-electron chi connectivity index (χ3n) is 0.921. The van der Waals surface area contributed by atoms with Crippen LogP contribution in [-0.4, -0.2) is 11.1 Å². The van der Waals surface area contributed by atoms with E-state index in [0.717, 1.165) is 0 Å². The molecule has 0 aromatic carbocycles. The van der Waals surface area contributed by atoms with Crippen molar-refractivity contribution in [2.45, 2.75) is 13.3 Å². The topological polar surface area (TPSA) is 52.3 Å². The zero-order valence-electron chi connectivity index (χ0n) is 5.53. The van der Waals surface area contributed by atoms with Crippen LogP contribution < -0.4 is 4.74 Å². The maximum atomic E-state index is 10.6. The summed E-state index contributed by atoms with van der Waals surface area (Å²) in [5.41, 5.74) is 0. The van der Waals surface area contributed by atoms with Gasteiger partial charge in [0.25, 0.3) is 5.88 Å². The average molecular weight is 141 g/mol. The lowest BCUT2D eigenvalue weighted by atomic mass is 10.5. The third kappa shape index (κ3) is 1.58. The van der Waals surface area contributed by atoms with Crippen LogP contribution in [0.2, 0.25) is 0 Å². The molecule has 0 amide bonds. The molecule has 1 rings (SSSR count). The zero-order chi connectivity index (χ0) is 7.40. The van der Waals surface area contributed by atoms with Crippen molar-refractivity contribution in [2.75, 3.05) is 0 Å². The second kappa shape index (κ2) is 3.00. The first-order chi connectivity index (χ1) is 4.83. The van der Waals surface area contributed by atoms with E-state index in [1.165, 1.54) is 12.3 Å². The maximum Gasteiger partial charge on any atom is 0.312 e. The van der Waals surface area contributed by atoms with Crippen LogP contribution in [0.15, 0.2) is 16.9 Å². The number of carbonyl (C=O) groups excluding carboxylic acids is 1. The van der Waals surface area contributed by atoms with Gasteiger partial charge in [-0.3, -0.25) is 4.79 Å². The van der Waals surface area contributed by atoms with E-state index in [9.17, 15) is 4.79 Å². The van der Waals surface area contributed by atoms with Gasteiger partial charge < -0.3 is 9.26 Å². The lowest BCUT2D eigenvalue weighted by Gasteiger charge is -1.93. The first kappa shape index (κ1) is 6.80. The first-order valence-corrected chi connectivity index (χ1v) is 2.94. The predicted octanol–water partition coefficient (Wildman–Crippen LogP) is 0.990. The average Bonchev–Trinajstić information content (AvgIpc) is 2.40. The molecule has 54 valence electrons. The number of ether oxygens (including phenoxy) is 1. The van der Waals surface area contributed by atoms with E-state index < -0.39 is 0 Å². The van der Waals surface area contributed by atoms with Gasteiger partial charge in [0.15, 0.2) is 0 Å². The van der Waals surface area contributed by atoms with Gasteiger partial charge in [-0.15, -0.1) is 0 Å². The smallest absolute Gasteiger partial charge is 0.312 e. The van der Waals surface area contributed by atoms with E-state index in [0.29, 0.717) is 6.42 Å². The fourth-order valence-corrected chi connectivity index (χ4v) is 0.443. The molecular formula is C6H7NO3. The minimum Gasteiger partial charge on any atom is -0.404 e. The lowest BCUT2D eigenvalue weighted by molar-refractivity contribution is -0.134. The van der Waals surface area contributed by atoms with Gasteiger partial charge in [0.2, 0.25) is 0 Å². The number of carbonyl (C=O) groups is 1. The van der Waals surface area contributed by atoms with Gasteiger partial charge in [0.05, 0.1) is 0 Å². The number of aromatic nitrogens is 1. The molecule has 0 fully saturated rings. The highest BCUT2D eigenvalue weighted by Crippen LogP contribution is 2.04. The summed E-state index contributed by atoms with van der Waals surface area (Å²) in [7, 11) is 0. The monoisotopic (exact) mass is 141 g/mol. The largest absolute Gasteiger partial charge is 0.404 e. The van der Waals surface area contributed by atoms with Crippen LogP contribution in [0.4, 0.5) is 0 Å². The van der Waals surface area contributed by atoms with Crippen LogP contribution in [0.25, 0.3) is 0 Å². The van der Waals surface area contributed by atoms with E-state index in [4.69, 9.17) is 0 Å². The van der Waals surface area contributed by atoms with Gasteiger partial charge in [-0.25, -0.2) is 0 Å². The Morgan fingerprint density at radius 1 is 1.90 bits per heavy atom. The molecule has 10 heavy (non-hydrogen) atoms. The maximum absolute atomic E-state index is 10.6. The van der Waals surface area contributed by atoms with Crippen LogP contribution in [0.1, 0.15) is 13.3 Å². The van der Waals surface area contributed by atoms with Crippen molar-refractivity contribution in [3.8, 4) is 5.88 Å². The molecule has 4 nitrogen and oxygen atoms in total. The number of hydrogen-bond donors (Lipinski definition) is 0. The second-order valence-corrected chi connectivity index (χ2v) is 1.67. The van der Waals surface area contributed by atoms with Gasteiger partial charge in [0, 0.05) is 12.5 Å². The van der Waals surface area contributed by atoms with E-state index >= 15 is 0 Å². The highest BCUT2D eigenvalue weighted by molar-refractivity contribution is 5.71. The van der Waals surface area contributed by atoms with Crippen molar-refractivity contribution >= 4 is 5.97 Å². The summed E-state index contributed by atoms with van der Waals surface area (Å²) < 4.78 is 9.09. The number of rotatable bonds is 2. The molecular weight excluding hydrogens is 134 g/mol. The third-order valence-corrected chi connectivity index (χ3v) is 0.921. The quantitative estimate of drug-likeness (QED) is 0.576. The van der Waals surface area contributed by atoms with Gasteiger partial charge in [-0.1, -0.05) is 6.92 Å². The Morgan fingerprint density at radius 3 is 3.20 bits per heavy atom. The van der Waals surface area contributed by atoms with E-state index in [1.807, 2.05) is 0 Å². The first-order valence-electron chi connectivity index (χ1n) is 2.94. The molecule has 1 heterocycles. The van der Waals surface area contributed by atoms with E-state index in [-0.39, 0.29) is 11.8 Å². The molecule has 0 atom stereocenters. The summed E-state index contributed by atoms with van der Waals surface area (Å²) in [5.74, 6) is -0.0965. The Bertz CT molecular complexity index is 205. The minimum atomic E-state index is -0.311. The van der Waals surface area contributed by atoms with Crippen LogP contribution in [-0.2, 0) is 4.79 Å². The molecule has 0 aliphatic heterocycles. The van der Waals surface area contributed by atoms with Crippen LogP contribution in [0.5, 0.6) is 5.88 Å². The van der Waals surface area contributed by atoms with Gasteiger partial charge in [-0.2, -0.15) is 0 Å². The number of nitrogens with zero attached hydrogens (tertiary/aromatic N) is 1. The Labute approximate surface area is 57.8 Å². The summed E-state index contributed by atoms with van der Waals surface area (Å²) in [4.78, 5) is 10.6. The van der Waals surface area contributed by atoms with Crippen molar-refractivity contribution in [1.82, 2.24) is 5.16 Å². The summed E-state index contributed by atoms with van der Waals surface area (Å²) >= 11 is 0. The normalized spacial score (nSPS) is 9.30. The van der Waals surface area contributed by atoms with Gasteiger partial charge in [0.1, 0.15) is 6.26 Å². The molecule has 1 aromatic heterocycles. The second-order valence-electron chi connectivity index (χ2n) is 1.67. The SMILES string of the molecule is CCC(=O)Oc1ccon1. The molecule has 0 radical (unpaired) electrons. The molecule has 0 unspecified atom stereocenters. The zero-order valence-corrected chi connectivity index (χ0v) is 5.53. The fraction of sp³-hybridized carbons (Fsp3) is 0.333. The minimum absolute atomic E-state index is 0.215. The number of esters is 1. The molecule has 0 N–H and O–H groups in total. The van der Waals surface area contributed by atoms with Crippen molar-refractivity contribution in [1.29, 1.82) is 0 Å². The molecule has 4 heteroatoms. The van der Waals surface area contributed by atoms with E-state index in [1.54, 1.807) is 6.92 Å². The molecule has 0 aliphatic rings. The fourth-order valence-electron chi connectivity index (χ4n) is 0.443.